The van der Waals surface area contributed by atoms with Crippen LogP contribution in [0.3, 0.4) is 0 Å². The van der Waals surface area contributed by atoms with E-state index >= 15 is 0 Å². The molecule has 4 heteroatoms. The monoisotopic (exact) mass is 493 g/mol. The van der Waals surface area contributed by atoms with Gasteiger partial charge in [0.05, 0.1) is 0 Å². The van der Waals surface area contributed by atoms with Gasteiger partial charge in [-0.15, -0.1) is 0 Å². The first-order chi connectivity index (χ1) is 17.9. The molecule has 2 fully saturated rings. The van der Waals surface area contributed by atoms with Crippen LogP contribution >= 0.6 is 0 Å². The summed E-state index contributed by atoms with van der Waals surface area (Å²) in [4.78, 5) is 20.3. The first kappa shape index (κ1) is 24.4. The van der Waals surface area contributed by atoms with E-state index in [2.05, 4.69) is 71.5 Å². The first-order valence-corrected chi connectivity index (χ1v) is 14.1. The molecule has 192 valence electrons. The second-order valence-electron chi connectivity index (χ2n) is 11.9. The van der Waals surface area contributed by atoms with Crippen molar-refractivity contribution in [2.24, 2.45) is 11.8 Å². The van der Waals surface area contributed by atoms with E-state index in [0.29, 0.717) is 18.5 Å². The van der Waals surface area contributed by atoms with Crippen molar-refractivity contribution in [3.63, 3.8) is 0 Å². The predicted octanol–water partition coefficient (Wildman–Crippen LogP) is 5.96. The molecule has 6 rings (SSSR count). The fourth-order valence-electron chi connectivity index (χ4n) is 6.63. The number of fused-ring (bicyclic) bond motifs is 4. The molecule has 37 heavy (non-hydrogen) atoms. The number of nitrogens with one attached hydrogen (secondary N) is 1. The molecule has 4 nitrogen and oxygen atoms in total. The Labute approximate surface area is 221 Å². The number of hydrogen-bond donors (Lipinski definition) is 1. The van der Waals surface area contributed by atoms with Crippen LogP contribution in [0, 0.1) is 18.8 Å². The van der Waals surface area contributed by atoms with Gasteiger partial charge in [0.1, 0.15) is 0 Å². The molecule has 1 saturated carbocycles. The number of hydrogen-bond acceptors (Lipinski definition) is 3. The van der Waals surface area contributed by atoms with E-state index in [0.717, 1.165) is 41.1 Å². The fourth-order valence-corrected chi connectivity index (χ4v) is 6.63. The molecule has 1 aromatic heterocycles. The van der Waals surface area contributed by atoms with E-state index in [1.165, 1.54) is 49.0 Å². The molecule has 0 spiro atoms. The first-order valence-electron chi connectivity index (χ1n) is 14.1. The van der Waals surface area contributed by atoms with Crippen molar-refractivity contribution in [1.29, 1.82) is 0 Å². The Morgan fingerprint density at radius 1 is 1.08 bits per heavy atom. The molecule has 1 saturated heterocycles. The minimum absolute atomic E-state index is 0.0368. The molecule has 2 aliphatic carbocycles. The summed E-state index contributed by atoms with van der Waals surface area (Å²) in [6.07, 6.45) is 7.87. The lowest BCUT2D eigenvalue weighted by atomic mass is 9.59. The Balaban J connectivity index is 1.09. The number of benzene rings is 2. The van der Waals surface area contributed by atoms with Gasteiger partial charge in [-0.05, 0) is 103 Å². The number of nitrogens with zero attached hydrogens (tertiary/aromatic N) is 2. The highest BCUT2D eigenvalue weighted by Crippen LogP contribution is 2.49. The highest BCUT2D eigenvalue weighted by Gasteiger charge is 2.49. The number of pyridine rings is 1. The van der Waals surface area contributed by atoms with Gasteiger partial charge in [0.15, 0.2) is 0 Å². The third-order valence-electron chi connectivity index (χ3n) is 9.47. The van der Waals surface area contributed by atoms with Crippen LogP contribution in [0.5, 0.6) is 0 Å². The van der Waals surface area contributed by atoms with Gasteiger partial charge >= 0.3 is 0 Å². The van der Waals surface area contributed by atoms with Gasteiger partial charge in [-0.25, -0.2) is 0 Å². The van der Waals surface area contributed by atoms with E-state index < -0.39 is 0 Å². The standard InChI is InChI=1S/C33H39N3O/c1-22-4-9-29(20-35-22)26-10-7-24(8-11-26)14-16-34-32(37)28-13-12-27-19-31-23(2)33(3,30(27)18-28)15-17-36(31)21-25-5-6-25/h4,7-13,18,20,23,25,31H,5-6,14-17,19,21H2,1-3H3,(H,34,37)/t23-,31+,33-/m0/s1. The van der Waals surface area contributed by atoms with E-state index in [1.807, 2.05) is 25.3 Å². The third kappa shape index (κ3) is 4.84. The van der Waals surface area contributed by atoms with Crippen LogP contribution in [0.1, 0.15) is 65.9 Å². The van der Waals surface area contributed by atoms with Gasteiger partial charge in [-0.1, -0.05) is 50.2 Å². The summed E-state index contributed by atoms with van der Waals surface area (Å²) in [5.74, 6) is 1.59. The number of piperidine rings is 1. The van der Waals surface area contributed by atoms with Crippen LogP contribution in [0.15, 0.2) is 60.8 Å². The molecule has 2 heterocycles. The van der Waals surface area contributed by atoms with Crippen molar-refractivity contribution in [3.8, 4) is 11.1 Å². The molecular weight excluding hydrogens is 454 g/mol. The minimum atomic E-state index is 0.0368. The lowest BCUT2D eigenvalue weighted by Gasteiger charge is -2.55. The molecule has 2 aromatic carbocycles. The lowest BCUT2D eigenvalue weighted by molar-refractivity contribution is 0.0284. The maximum Gasteiger partial charge on any atom is 0.251 e. The zero-order valence-electron chi connectivity index (χ0n) is 22.5. The van der Waals surface area contributed by atoms with Crippen LogP contribution in [-0.4, -0.2) is 41.5 Å². The van der Waals surface area contributed by atoms with E-state index in [4.69, 9.17) is 0 Å². The third-order valence-corrected chi connectivity index (χ3v) is 9.47. The lowest BCUT2D eigenvalue weighted by Crippen LogP contribution is -2.58. The smallest absolute Gasteiger partial charge is 0.251 e. The molecule has 0 unspecified atom stereocenters. The Kier molecular flexibility index (Phi) is 6.40. The van der Waals surface area contributed by atoms with Crippen LogP contribution in [0.4, 0.5) is 0 Å². The van der Waals surface area contributed by atoms with Gasteiger partial charge in [0.2, 0.25) is 0 Å². The van der Waals surface area contributed by atoms with E-state index in [9.17, 15) is 4.79 Å². The summed E-state index contributed by atoms with van der Waals surface area (Å²) in [6.45, 7) is 9.99. The zero-order valence-corrected chi connectivity index (χ0v) is 22.5. The number of amides is 1. The minimum Gasteiger partial charge on any atom is -0.352 e. The normalized spacial score (nSPS) is 24.9. The average Bonchev–Trinajstić information content (AvgIpc) is 3.73. The van der Waals surface area contributed by atoms with Gasteiger partial charge in [-0.2, -0.15) is 0 Å². The molecule has 0 radical (unpaired) electrons. The summed E-state index contributed by atoms with van der Waals surface area (Å²) in [6, 6.07) is 19.8. The topological polar surface area (TPSA) is 45.2 Å². The maximum absolute atomic E-state index is 13.1. The van der Waals surface area contributed by atoms with Crippen molar-refractivity contribution >= 4 is 5.91 Å². The van der Waals surface area contributed by atoms with Crippen molar-refractivity contribution in [1.82, 2.24) is 15.2 Å². The fraction of sp³-hybridized carbons (Fsp3) is 0.455. The SMILES string of the molecule is Cc1ccc(-c2ccc(CCNC(=O)c3ccc4c(c3)[C@@]3(C)CCN(CC5CC5)[C@H](C4)[C@@H]3C)cc2)cn1. The molecule has 1 N–H and O–H groups in total. The Morgan fingerprint density at radius 2 is 1.86 bits per heavy atom. The molecule has 3 aromatic rings. The summed E-state index contributed by atoms with van der Waals surface area (Å²) in [7, 11) is 0. The van der Waals surface area contributed by atoms with Gasteiger partial charge in [0.25, 0.3) is 5.91 Å². The molecule has 2 bridgehead atoms. The summed E-state index contributed by atoms with van der Waals surface area (Å²) < 4.78 is 0. The number of likely N-dealkylation sites (tertiary alicyclic amines) is 1. The summed E-state index contributed by atoms with van der Waals surface area (Å²) in [5.41, 5.74) is 8.36. The number of carbonyl (C=O) groups excluding carboxylic acids is 1. The van der Waals surface area contributed by atoms with E-state index in [1.54, 1.807) is 0 Å². The molecule has 3 atom stereocenters. The highest BCUT2D eigenvalue weighted by atomic mass is 16.1. The molecule has 3 aliphatic rings. The van der Waals surface area contributed by atoms with Gasteiger partial charge in [-0.3, -0.25) is 14.7 Å². The number of aromatic nitrogens is 1. The maximum atomic E-state index is 13.1. The molecule has 1 amide bonds. The molecular formula is C33H39N3O. The van der Waals surface area contributed by atoms with Crippen molar-refractivity contribution in [2.75, 3.05) is 19.6 Å². The zero-order chi connectivity index (χ0) is 25.6. The van der Waals surface area contributed by atoms with Crippen molar-refractivity contribution < 1.29 is 4.79 Å². The van der Waals surface area contributed by atoms with Crippen LogP contribution in [-0.2, 0) is 18.3 Å². The van der Waals surface area contributed by atoms with Crippen LogP contribution < -0.4 is 5.32 Å². The van der Waals surface area contributed by atoms with Crippen LogP contribution in [0.25, 0.3) is 11.1 Å². The highest BCUT2D eigenvalue weighted by molar-refractivity contribution is 5.94. The average molecular weight is 494 g/mol. The van der Waals surface area contributed by atoms with E-state index in [-0.39, 0.29) is 11.3 Å². The van der Waals surface area contributed by atoms with Crippen molar-refractivity contribution in [3.05, 3.63) is 88.7 Å². The summed E-state index contributed by atoms with van der Waals surface area (Å²) >= 11 is 0. The Morgan fingerprint density at radius 3 is 2.59 bits per heavy atom. The Hall–Kier alpha value is -2.98. The quantitative estimate of drug-likeness (QED) is 0.441. The number of carbonyl (C=O) groups is 1. The van der Waals surface area contributed by atoms with Gasteiger partial charge in [0, 0.05) is 42.1 Å². The second-order valence-corrected chi connectivity index (χ2v) is 11.9. The second kappa shape index (κ2) is 9.72. The number of aryl methyl sites for hydroxylation is 1. The summed E-state index contributed by atoms with van der Waals surface area (Å²) in [5, 5.41) is 3.16. The predicted molar refractivity (Wildman–Crippen MR) is 150 cm³/mol. The number of rotatable bonds is 7. The van der Waals surface area contributed by atoms with Crippen LogP contribution in [0.2, 0.25) is 0 Å². The van der Waals surface area contributed by atoms with Crippen molar-refractivity contribution in [2.45, 2.75) is 64.3 Å². The molecule has 1 aliphatic heterocycles. The largest absolute Gasteiger partial charge is 0.352 e. The van der Waals surface area contributed by atoms with Gasteiger partial charge < -0.3 is 5.32 Å². The Bertz CT molecular complexity index is 1280.